The summed E-state index contributed by atoms with van der Waals surface area (Å²) in [5.41, 5.74) is 0. The summed E-state index contributed by atoms with van der Waals surface area (Å²) in [6, 6.07) is 3.07. The van der Waals surface area contributed by atoms with E-state index in [1.807, 2.05) is 0 Å². The number of thiophene rings is 1. The van der Waals surface area contributed by atoms with E-state index in [9.17, 15) is 8.42 Å². The average Bonchev–Trinajstić information content (AvgIpc) is 2.50. The minimum absolute atomic E-state index is 0.0205. The van der Waals surface area contributed by atoms with Crippen LogP contribution in [0.5, 0.6) is 0 Å². The Balaban J connectivity index is 3.00. The fourth-order valence-corrected chi connectivity index (χ4v) is 3.38. The summed E-state index contributed by atoms with van der Waals surface area (Å²) < 4.78 is 30.1. The smallest absolute Gasteiger partial charge is 0.281 e. The van der Waals surface area contributed by atoms with Gasteiger partial charge in [-0.15, -0.1) is 11.3 Å². The first kappa shape index (κ1) is 11.6. The maximum atomic E-state index is 10.7. The minimum Gasteiger partial charge on any atom is -0.281 e. The van der Waals surface area contributed by atoms with Crippen molar-refractivity contribution in [2.45, 2.75) is 9.04 Å². The Labute approximate surface area is 97.2 Å². The molecule has 0 aliphatic heterocycles. The molecule has 1 atom stereocenters. The van der Waals surface area contributed by atoms with Crippen LogP contribution in [0, 0.1) is 0 Å². The van der Waals surface area contributed by atoms with Gasteiger partial charge >= 0.3 is 10.1 Å². The monoisotopic (exact) mass is 348 g/mol. The highest BCUT2D eigenvalue weighted by Crippen LogP contribution is 2.32. The lowest BCUT2D eigenvalue weighted by atomic mass is 10.4. The molecule has 1 aromatic rings. The summed E-state index contributed by atoms with van der Waals surface area (Å²) in [6.07, 6.45) is 0. The van der Waals surface area contributed by atoms with Crippen molar-refractivity contribution >= 4 is 53.3 Å². The van der Waals surface area contributed by atoms with E-state index in [1.54, 1.807) is 6.07 Å². The Bertz CT molecular complexity index is 384. The molecule has 0 amide bonds. The molecule has 0 aliphatic carbocycles. The number of rotatable bonds is 3. The van der Waals surface area contributed by atoms with Crippen molar-refractivity contribution in [2.75, 3.05) is 5.33 Å². The zero-order valence-corrected chi connectivity index (χ0v) is 11.1. The standard InChI is InChI=1S/C6H6Br2O3S2/c7-3-4(8)5-1-2-6(12-5)13(9,10)11/h1-2,4H,3H2,(H,9,10,11). The van der Waals surface area contributed by atoms with Crippen LogP contribution >= 0.6 is 43.2 Å². The second-order valence-electron chi connectivity index (χ2n) is 2.25. The van der Waals surface area contributed by atoms with E-state index in [2.05, 4.69) is 31.9 Å². The number of hydrogen-bond donors (Lipinski definition) is 1. The Morgan fingerprint density at radius 1 is 1.54 bits per heavy atom. The maximum Gasteiger partial charge on any atom is 0.304 e. The lowest BCUT2D eigenvalue weighted by molar-refractivity contribution is 0.485. The maximum absolute atomic E-state index is 10.7. The molecule has 7 heteroatoms. The van der Waals surface area contributed by atoms with E-state index in [-0.39, 0.29) is 9.04 Å². The van der Waals surface area contributed by atoms with E-state index in [1.165, 1.54) is 6.07 Å². The summed E-state index contributed by atoms with van der Waals surface area (Å²) in [4.78, 5) is 0.942. The predicted molar refractivity (Wildman–Crippen MR) is 59.6 cm³/mol. The third-order valence-electron chi connectivity index (χ3n) is 1.30. The van der Waals surface area contributed by atoms with Crippen LogP contribution < -0.4 is 0 Å². The third-order valence-corrected chi connectivity index (χ3v) is 6.46. The molecule has 3 nitrogen and oxygen atoms in total. The lowest BCUT2D eigenvalue weighted by Gasteiger charge is -1.99. The van der Waals surface area contributed by atoms with Gasteiger partial charge in [0.1, 0.15) is 4.21 Å². The summed E-state index contributed by atoms with van der Waals surface area (Å²) in [5.74, 6) is 0. The van der Waals surface area contributed by atoms with Gasteiger partial charge in [-0.25, -0.2) is 0 Å². The van der Waals surface area contributed by atoms with E-state index in [0.717, 1.165) is 16.2 Å². The predicted octanol–water partition coefficient (Wildman–Crippen LogP) is 2.83. The molecule has 0 saturated heterocycles. The van der Waals surface area contributed by atoms with Crippen LogP contribution in [-0.4, -0.2) is 18.3 Å². The fourth-order valence-electron chi connectivity index (χ4n) is 0.717. The van der Waals surface area contributed by atoms with Crippen molar-refractivity contribution < 1.29 is 13.0 Å². The van der Waals surface area contributed by atoms with Crippen molar-refractivity contribution in [3.8, 4) is 0 Å². The average molecular weight is 350 g/mol. The van der Waals surface area contributed by atoms with Crippen LogP contribution in [-0.2, 0) is 10.1 Å². The number of hydrogen-bond acceptors (Lipinski definition) is 3. The molecule has 1 heterocycles. The summed E-state index contributed by atoms with van der Waals surface area (Å²) in [7, 11) is -4.04. The molecule has 74 valence electrons. The molecule has 0 saturated carbocycles. The van der Waals surface area contributed by atoms with Gasteiger partial charge in [-0.1, -0.05) is 31.9 Å². The van der Waals surface area contributed by atoms with Crippen molar-refractivity contribution in [3.63, 3.8) is 0 Å². The Morgan fingerprint density at radius 2 is 2.15 bits per heavy atom. The number of alkyl halides is 2. The van der Waals surface area contributed by atoms with E-state index >= 15 is 0 Å². The van der Waals surface area contributed by atoms with Crippen molar-refractivity contribution in [3.05, 3.63) is 17.0 Å². The normalized spacial score (nSPS) is 14.4. The Hall–Kier alpha value is 0.570. The lowest BCUT2D eigenvalue weighted by Crippen LogP contribution is -1.93. The van der Waals surface area contributed by atoms with Gasteiger partial charge < -0.3 is 0 Å². The third kappa shape index (κ3) is 3.02. The second kappa shape index (κ2) is 4.39. The van der Waals surface area contributed by atoms with Crippen LogP contribution in [0.4, 0.5) is 0 Å². The summed E-state index contributed by atoms with van der Waals surface area (Å²) >= 11 is 7.67. The molecule has 0 radical (unpaired) electrons. The molecule has 0 bridgehead atoms. The van der Waals surface area contributed by atoms with Crippen LogP contribution in [0.15, 0.2) is 16.3 Å². The van der Waals surface area contributed by atoms with Crippen LogP contribution in [0.25, 0.3) is 0 Å². The van der Waals surface area contributed by atoms with Gasteiger partial charge in [0.15, 0.2) is 0 Å². The molecular weight excluding hydrogens is 344 g/mol. The molecule has 1 unspecified atom stereocenters. The van der Waals surface area contributed by atoms with Crippen LogP contribution in [0.3, 0.4) is 0 Å². The van der Waals surface area contributed by atoms with Crippen LogP contribution in [0.1, 0.15) is 9.70 Å². The quantitative estimate of drug-likeness (QED) is 0.674. The highest BCUT2D eigenvalue weighted by atomic mass is 79.9. The van der Waals surface area contributed by atoms with Crippen molar-refractivity contribution in [1.82, 2.24) is 0 Å². The molecule has 0 fully saturated rings. The van der Waals surface area contributed by atoms with E-state index < -0.39 is 10.1 Å². The topological polar surface area (TPSA) is 54.4 Å². The van der Waals surface area contributed by atoms with Gasteiger partial charge in [0.05, 0.1) is 4.83 Å². The molecule has 0 spiro atoms. The second-order valence-corrected chi connectivity index (χ2v) is 6.77. The first-order chi connectivity index (χ1) is 5.95. The van der Waals surface area contributed by atoms with Gasteiger partial charge in [0, 0.05) is 10.2 Å². The largest absolute Gasteiger partial charge is 0.304 e. The Morgan fingerprint density at radius 3 is 2.54 bits per heavy atom. The molecule has 0 aromatic carbocycles. The minimum atomic E-state index is -4.04. The molecule has 1 aromatic heterocycles. The molecule has 0 aliphatic rings. The van der Waals surface area contributed by atoms with Gasteiger partial charge in [0.25, 0.3) is 0 Å². The van der Waals surface area contributed by atoms with Gasteiger partial charge in [-0.3, -0.25) is 4.55 Å². The van der Waals surface area contributed by atoms with Crippen molar-refractivity contribution in [1.29, 1.82) is 0 Å². The SMILES string of the molecule is O=S(=O)(O)c1ccc(C(Br)CBr)s1. The van der Waals surface area contributed by atoms with Crippen molar-refractivity contribution in [2.24, 2.45) is 0 Å². The van der Waals surface area contributed by atoms with Crippen LogP contribution in [0.2, 0.25) is 0 Å². The zero-order valence-electron chi connectivity index (χ0n) is 6.28. The number of halogens is 2. The molecule has 1 rings (SSSR count). The fraction of sp³-hybridized carbons (Fsp3) is 0.333. The highest BCUT2D eigenvalue weighted by Gasteiger charge is 2.15. The van der Waals surface area contributed by atoms with Gasteiger partial charge in [0.2, 0.25) is 0 Å². The highest BCUT2D eigenvalue weighted by molar-refractivity contribution is 9.12. The molecule has 13 heavy (non-hydrogen) atoms. The molecule has 1 N–H and O–H groups in total. The van der Waals surface area contributed by atoms with Gasteiger partial charge in [-0.2, -0.15) is 8.42 Å². The summed E-state index contributed by atoms with van der Waals surface area (Å²) in [6.45, 7) is 0. The zero-order chi connectivity index (χ0) is 10.1. The molecular formula is C6H6Br2O3S2. The van der Waals surface area contributed by atoms with E-state index in [0.29, 0.717) is 5.33 Å². The first-order valence-corrected chi connectivity index (χ1v) is 7.52. The van der Waals surface area contributed by atoms with E-state index in [4.69, 9.17) is 4.55 Å². The summed E-state index contributed by atoms with van der Waals surface area (Å²) in [5, 5.41) is 0.693. The Kier molecular flexibility index (Phi) is 3.94. The first-order valence-electron chi connectivity index (χ1n) is 3.22. The van der Waals surface area contributed by atoms with Gasteiger partial charge in [-0.05, 0) is 12.1 Å².